The van der Waals surface area contributed by atoms with E-state index in [2.05, 4.69) is 16.4 Å². The van der Waals surface area contributed by atoms with E-state index in [4.69, 9.17) is 4.98 Å². The number of sulfone groups is 1. The van der Waals surface area contributed by atoms with Crippen LogP contribution in [0.3, 0.4) is 0 Å². The van der Waals surface area contributed by atoms with Crippen molar-refractivity contribution in [1.82, 2.24) is 14.5 Å². The first kappa shape index (κ1) is 16.0. The lowest BCUT2D eigenvalue weighted by molar-refractivity contribution is 0.602. The Morgan fingerprint density at radius 2 is 1.88 bits per heavy atom. The van der Waals surface area contributed by atoms with Crippen molar-refractivity contribution < 1.29 is 8.42 Å². The third-order valence-electron chi connectivity index (χ3n) is 3.95. The van der Waals surface area contributed by atoms with E-state index in [-0.39, 0.29) is 0 Å². The molecule has 0 bridgehead atoms. The predicted molar refractivity (Wildman–Crippen MR) is 99.5 cm³/mol. The molecule has 4 aromatic rings. The van der Waals surface area contributed by atoms with Crippen molar-refractivity contribution in [3.05, 3.63) is 65.1 Å². The van der Waals surface area contributed by atoms with E-state index in [0.29, 0.717) is 4.90 Å². The van der Waals surface area contributed by atoms with Crippen molar-refractivity contribution in [2.24, 2.45) is 0 Å². The van der Waals surface area contributed by atoms with Gasteiger partial charge in [0.25, 0.3) is 0 Å². The minimum absolute atomic E-state index is 0.306. The maximum absolute atomic E-state index is 11.6. The summed E-state index contributed by atoms with van der Waals surface area (Å²) < 4.78 is 25.2. The van der Waals surface area contributed by atoms with E-state index in [1.165, 1.54) is 11.1 Å². The molecule has 0 unspecified atom stereocenters. The first-order valence-electron chi connectivity index (χ1n) is 7.65. The Hall–Kier alpha value is -2.51. The zero-order chi connectivity index (χ0) is 17.4. The average molecular weight is 369 g/mol. The largest absolute Gasteiger partial charge is 0.310 e. The lowest BCUT2D eigenvalue weighted by Gasteiger charge is -2.05. The van der Waals surface area contributed by atoms with Crippen LogP contribution in [0.25, 0.3) is 22.4 Å². The molecule has 0 aliphatic heterocycles. The van der Waals surface area contributed by atoms with E-state index in [1.807, 2.05) is 22.8 Å². The van der Waals surface area contributed by atoms with Crippen LogP contribution in [-0.2, 0) is 16.4 Å². The first-order valence-corrected chi connectivity index (χ1v) is 10.4. The molecule has 0 N–H and O–H groups in total. The van der Waals surface area contributed by atoms with Crippen LogP contribution >= 0.6 is 11.3 Å². The molecule has 0 atom stereocenters. The minimum atomic E-state index is -3.20. The number of thiophene rings is 1. The third-order valence-corrected chi connectivity index (χ3v) is 5.94. The average Bonchev–Trinajstić information content (AvgIpc) is 3.24. The number of pyridine rings is 1. The highest BCUT2D eigenvalue weighted by Crippen LogP contribution is 2.23. The molecule has 3 heterocycles. The summed E-state index contributed by atoms with van der Waals surface area (Å²) in [7, 11) is -3.20. The summed E-state index contributed by atoms with van der Waals surface area (Å²) >= 11 is 1.70. The van der Waals surface area contributed by atoms with Crippen molar-refractivity contribution in [3.8, 4) is 11.3 Å². The highest BCUT2D eigenvalue weighted by Gasteiger charge is 2.10. The molecule has 0 radical (unpaired) electrons. The van der Waals surface area contributed by atoms with E-state index in [0.717, 1.165) is 29.0 Å². The number of aromatic nitrogens is 3. The van der Waals surface area contributed by atoms with E-state index in [9.17, 15) is 8.42 Å². The maximum Gasteiger partial charge on any atom is 0.175 e. The van der Waals surface area contributed by atoms with Crippen LogP contribution in [0.15, 0.2) is 65.1 Å². The summed E-state index contributed by atoms with van der Waals surface area (Å²) in [6.45, 7) is 0.734. The van der Waals surface area contributed by atoms with Gasteiger partial charge in [0.15, 0.2) is 15.5 Å². The number of hydrogen-bond donors (Lipinski definition) is 0. The molecule has 0 amide bonds. The first-order chi connectivity index (χ1) is 12.0. The Kier molecular flexibility index (Phi) is 3.89. The molecule has 0 aliphatic carbocycles. The lowest BCUT2D eigenvalue weighted by atomic mass is 10.1. The van der Waals surface area contributed by atoms with Crippen molar-refractivity contribution in [3.63, 3.8) is 0 Å². The number of nitrogens with zero attached hydrogens (tertiary/aromatic N) is 3. The lowest BCUT2D eigenvalue weighted by Crippen LogP contribution is -1.98. The highest BCUT2D eigenvalue weighted by atomic mass is 32.2. The minimum Gasteiger partial charge on any atom is -0.310 e. The smallest absolute Gasteiger partial charge is 0.175 e. The quantitative estimate of drug-likeness (QED) is 0.551. The summed E-state index contributed by atoms with van der Waals surface area (Å²) in [6.07, 6.45) is 3.00. The van der Waals surface area contributed by atoms with Crippen LogP contribution in [-0.4, -0.2) is 29.2 Å². The fourth-order valence-electron chi connectivity index (χ4n) is 2.66. The fraction of sp³-hybridized carbons (Fsp3) is 0.111. The van der Waals surface area contributed by atoms with Gasteiger partial charge in [-0.1, -0.05) is 18.2 Å². The van der Waals surface area contributed by atoms with Gasteiger partial charge in [0.2, 0.25) is 0 Å². The SMILES string of the molecule is CS(=O)(=O)c1ccc(-c2ccc3ncn(Cc4cccs4)c3n2)cc1. The van der Waals surface area contributed by atoms with Crippen LogP contribution in [0.2, 0.25) is 0 Å². The normalized spacial score (nSPS) is 11.9. The molecular weight excluding hydrogens is 354 g/mol. The molecule has 0 spiro atoms. The number of rotatable bonds is 4. The van der Waals surface area contributed by atoms with Gasteiger partial charge in [-0.25, -0.2) is 18.4 Å². The summed E-state index contributed by atoms with van der Waals surface area (Å²) in [5, 5.41) is 2.05. The van der Waals surface area contributed by atoms with Crippen LogP contribution in [0.4, 0.5) is 0 Å². The molecule has 25 heavy (non-hydrogen) atoms. The second kappa shape index (κ2) is 6.09. The third kappa shape index (κ3) is 3.20. The summed E-state index contributed by atoms with van der Waals surface area (Å²) in [4.78, 5) is 10.7. The van der Waals surface area contributed by atoms with Gasteiger partial charge in [-0.3, -0.25) is 0 Å². The topological polar surface area (TPSA) is 64.8 Å². The van der Waals surface area contributed by atoms with Crippen LogP contribution in [0.5, 0.6) is 0 Å². The molecular formula is C18H15N3O2S2. The molecule has 0 fully saturated rings. The van der Waals surface area contributed by atoms with Gasteiger partial charge in [0, 0.05) is 16.7 Å². The van der Waals surface area contributed by atoms with Gasteiger partial charge >= 0.3 is 0 Å². The molecule has 1 aromatic carbocycles. The maximum atomic E-state index is 11.6. The highest BCUT2D eigenvalue weighted by molar-refractivity contribution is 7.90. The van der Waals surface area contributed by atoms with Crippen LogP contribution < -0.4 is 0 Å². The summed E-state index contributed by atoms with van der Waals surface area (Å²) in [6, 6.07) is 14.7. The number of fused-ring (bicyclic) bond motifs is 1. The van der Waals surface area contributed by atoms with Gasteiger partial charge < -0.3 is 4.57 Å². The van der Waals surface area contributed by atoms with E-state index < -0.39 is 9.84 Å². The molecule has 0 aliphatic rings. The van der Waals surface area contributed by atoms with Gasteiger partial charge in [-0.2, -0.15) is 0 Å². The van der Waals surface area contributed by atoms with Crippen molar-refractivity contribution in [2.75, 3.05) is 6.26 Å². The number of imidazole rings is 1. The molecule has 3 aromatic heterocycles. The standard InChI is InChI=1S/C18H15N3O2S2/c1-25(22,23)15-6-4-13(5-7-15)16-8-9-17-18(20-16)21(12-19-17)11-14-3-2-10-24-14/h2-10,12H,11H2,1H3. The fourth-order valence-corrected chi connectivity index (χ4v) is 3.99. The van der Waals surface area contributed by atoms with Gasteiger partial charge in [-0.15, -0.1) is 11.3 Å². The second-order valence-corrected chi connectivity index (χ2v) is 8.84. The van der Waals surface area contributed by atoms with E-state index in [1.54, 1.807) is 41.9 Å². The van der Waals surface area contributed by atoms with Crippen LogP contribution in [0, 0.1) is 0 Å². The summed E-state index contributed by atoms with van der Waals surface area (Å²) in [5.41, 5.74) is 3.32. The molecule has 4 rings (SSSR count). The van der Waals surface area contributed by atoms with Crippen molar-refractivity contribution >= 4 is 32.3 Å². The monoisotopic (exact) mass is 369 g/mol. The van der Waals surface area contributed by atoms with Crippen molar-refractivity contribution in [2.45, 2.75) is 11.4 Å². The predicted octanol–water partition coefficient (Wildman–Crippen LogP) is 3.61. The molecule has 5 nitrogen and oxygen atoms in total. The zero-order valence-corrected chi connectivity index (χ0v) is 15.1. The Morgan fingerprint density at radius 3 is 2.56 bits per heavy atom. The van der Waals surface area contributed by atoms with E-state index >= 15 is 0 Å². The molecule has 7 heteroatoms. The molecule has 0 saturated heterocycles. The Labute approximate surface area is 149 Å². The summed E-state index contributed by atoms with van der Waals surface area (Å²) in [5.74, 6) is 0. The van der Waals surface area contributed by atoms with Gasteiger partial charge in [-0.05, 0) is 35.7 Å². The number of hydrogen-bond acceptors (Lipinski definition) is 5. The van der Waals surface area contributed by atoms with Crippen molar-refractivity contribution in [1.29, 1.82) is 0 Å². The van der Waals surface area contributed by atoms with Crippen LogP contribution in [0.1, 0.15) is 4.88 Å². The molecule has 126 valence electrons. The molecule has 0 saturated carbocycles. The van der Waals surface area contributed by atoms with Gasteiger partial charge in [0.1, 0.15) is 5.52 Å². The Morgan fingerprint density at radius 1 is 1.08 bits per heavy atom. The van der Waals surface area contributed by atoms with Gasteiger partial charge in [0.05, 0.1) is 23.5 Å². The Balaban J connectivity index is 1.73. The zero-order valence-electron chi connectivity index (χ0n) is 13.5. The number of benzene rings is 1. The Bertz CT molecular complexity index is 1130. The second-order valence-electron chi connectivity index (χ2n) is 5.79.